The number of halogens is 1. The molecule has 1 saturated heterocycles. The smallest absolute Gasteiger partial charge is 0.140 e. The summed E-state index contributed by atoms with van der Waals surface area (Å²) in [6.45, 7) is 3.44. The van der Waals surface area contributed by atoms with E-state index in [-0.39, 0.29) is 11.9 Å². The van der Waals surface area contributed by atoms with Crippen molar-refractivity contribution in [3.63, 3.8) is 0 Å². The van der Waals surface area contributed by atoms with Crippen molar-refractivity contribution in [3.8, 4) is 0 Å². The van der Waals surface area contributed by atoms with Crippen LogP contribution >= 0.6 is 0 Å². The van der Waals surface area contributed by atoms with Crippen LogP contribution in [-0.4, -0.2) is 31.1 Å². The van der Waals surface area contributed by atoms with Crippen LogP contribution in [0, 0.1) is 5.82 Å². The van der Waals surface area contributed by atoms with Crippen LogP contribution in [0.2, 0.25) is 0 Å². The second-order valence-corrected chi connectivity index (χ2v) is 4.91. The molecule has 1 aliphatic heterocycles. The summed E-state index contributed by atoms with van der Waals surface area (Å²) in [5, 5.41) is 0.525. The van der Waals surface area contributed by atoms with E-state index in [0.717, 1.165) is 0 Å². The predicted molar refractivity (Wildman–Crippen MR) is 67.0 cm³/mol. The average Bonchev–Trinajstić information content (AvgIpc) is 2.83. The summed E-state index contributed by atoms with van der Waals surface area (Å²) in [5.74, 6) is -0.228. The molecule has 2 aromatic rings. The lowest BCUT2D eigenvalue weighted by Gasteiger charge is -2.35. The van der Waals surface area contributed by atoms with E-state index in [0.29, 0.717) is 35.7 Å². The van der Waals surface area contributed by atoms with Gasteiger partial charge >= 0.3 is 0 Å². The Bertz CT molecular complexity index is 566. The lowest BCUT2D eigenvalue weighted by molar-refractivity contribution is -0.0513. The second kappa shape index (κ2) is 4.37. The van der Waals surface area contributed by atoms with Crippen LogP contribution in [0.5, 0.6) is 0 Å². The molecule has 0 bridgehead atoms. The van der Waals surface area contributed by atoms with Gasteiger partial charge in [-0.25, -0.2) is 4.39 Å². The molecule has 3 nitrogen and oxygen atoms in total. The molecule has 0 spiro atoms. The van der Waals surface area contributed by atoms with Gasteiger partial charge in [-0.1, -0.05) is 0 Å². The Kier molecular flexibility index (Phi) is 2.84. The third kappa shape index (κ3) is 1.82. The summed E-state index contributed by atoms with van der Waals surface area (Å²) in [6.07, 6.45) is 1.30. The SMILES string of the molecule is CC1COC(c2ccc3occc3c2F)CN1C. The zero-order chi connectivity index (χ0) is 12.7. The quantitative estimate of drug-likeness (QED) is 0.777. The standard InChI is InChI=1S/C14H16FNO2/c1-9-8-18-13(7-16(9)2)10-3-4-12-11(14(10)15)5-6-17-12/h3-6,9,13H,7-8H2,1-2H3. The first-order valence-electron chi connectivity index (χ1n) is 6.14. The van der Waals surface area contributed by atoms with Crippen molar-refractivity contribution >= 4 is 11.0 Å². The van der Waals surface area contributed by atoms with Gasteiger partial charge < -0.3 is 9.15 Å². The highest BCUT2D eigenvalue weighted by atomic mass is 19.1. The first kappa shape index (κ1) is 11.7. The number of morpholine rings is 1. The zero-order valence-electron chi connectivity index (χ0n) is 10.5. The molecule has 4 heteroatoms. The summed E-state index contributed by atoms with van der Waals surface area (Å²) in [7, 11) is 2.04. The molecular weight excluding hydrogens is 233 g/mol. The summed E-state index contributed by atoms with van der Waals surface area (Å²) < 4.78 is 25.3. The molecule has 0 saturated carbocycles. The van der Waals surface area contributed by atoms with Gasteiger partial charge in [-0.15, -0.1) is 0 Å². The maximum absolute atomic E-state index is 14.4. The Labute approximate surface area is 105 Å². The lowest BCUT2D eigenvalue weighted by Crippen LogP contribution is -2.42. The molecule has 1 aromatic carbocycles. The Morgan fingerprint density at radius 2 is 2.17 bits per heavy atom. The monoisotopic (exact) mass is 249 g/mol. The Balaban J connectivity index is 1.96. The van der Waals surface area contributed by atoms with Gasteiger partial charge in [-0.3, -0.25) is 4.90 Å². The van der Waals surface area contributed by atoms with Crippen molar-refractivity contribution in [2.24, 2.45) is 0 Å². The van der Waals surface area contributed by atoms with E-state index in [1.807, 2.05) is 7.05 Å². The summed E-state index contributed by atoms with van der Waals surface area (Å²) in [5.41, 5.74) is 1.19. The molecule has 2 heterocycles. The van der Waals surface area contributed by atoms with Crippen molar-refractivity contribution in [1.82, 2.24) is 4.90 Å². The fourth-order valence-corrected chi connectivity index (χ4v) is 2.34. The number of fused-ring (bicyclic) bond motifs is 1. The Morgan fingerprint density at radius 3 is 2.94 bits per heavy atom. The van der Waals surface area contributed by atoms with Crippen LogP contribution in [0.4, 0.5) is 4.39 Å². The highest BCUT2D eigenvalue weighted by Crippen LogP contribution is 2.30. The maximum atomic E-state index is 14.4. The number of rotatable bonds is 1. The number of benzene rings is 1. The molecule has 3 rings (SSSR count). The van der Waals surface area contributed by atoms with Crippen molar-refractivity contribution < 1.29 is 13.5 Å². The molecule has 0 amide bonds. The minimum absolute atomic E-state index is 0.203. The van der Waals surface area contributed by atoms with Crippen molar-refractivity contribution in [1.29, 1.82) is 0 Å². The third-order valence-corrected chi connectivity index (χ3v) is 3.69. The normalized spacial score (nSPS) is 25.7. The first-order valence-corrected chi connectivity index (χ1v) is 6.14. The van der Waals surface area contributed by atoms with Crippen LogP contribution < -0.4 is 0 Å². The van der Waals surface area contributed by atoms with Gasteiger partial charge in [0.25, 0.3) is 0 Å². The first-order chi connectivity index (χ1) is 8.66. The minimum Gasteiger partial charge on any atom is -0.464 e. The Hall–Kier alpha value is -1.39. The molecule has 0 radical (unpaired) electrons. The maximum Gasteiger partial charge on any atom is 0.140 e. The van der Waals surface area contributed by atoms with E-state index < -0.39 is 0 Å². The van der Waals surface area contributed by atoms with E-state index in [1.165, 1.54) is 6.26 Å². The van der Waals surface area contributed by atoms with Crippen molar-refractivity contribution in [2.45, 2.75) is 19.1 Å². The molecular formula is C14H16FNO2. The molecule has 2 atom stereocenters. The fraction of sp³-hybridized carbons (Fsp3) is 0.429. The van der Waals surface area contributed by atoms with Crippen LogP contribution in [0.1, 0.15) is 18.6 Å². The molecule has 2 unspecified atom stereocenters. The minimum atomic E-state index is -0.228. The summed E-state index contributed by atoms with van der Waals surface area (Å²) >= 11 is 0. The average molecular weight is 249 g/mol. The number of nitrogens with zero attached hydrogens (tertiary/aromatic N) is 1. The highest BCUT2D eigenvalue weighted by molar-refractivity contribution is 5.78. The molecule has 1 fully saturated rings. The van der Waals surface area contributed by atoms with E-state index >= 15 is 0 Å². The van der Waals surface area contributed by atoms with Crippen molar-refractivity contribution in [3.05, 3.63) is 35.8 Å². The topological polar surface area (TPSA) is 25.6 Å². The van der Waals surface area contributed by atoms with E-state index in [2.05, 4.69) is 11.8 Å². The number of hydrogen-bond donors (Lipinski definition) is 0. The van der Waals surface area contributed by atoms with Gasteiger partial charge in [0.15, 0.2) is 0 Å². The number of hydrogen-bond acceptors (Lipinski definition) is 3. The molecule has 1 aliphatic rings. The second-order valence-electron chi connectivity index (χ2n) is 4.91. The fourth-order valence-electron chi connectivity index (χ4n) is 2.34. The molecule has 0 N–H and O–H groups in total. The van der Waals surface area contributed by atoms with Gasteiger partial charge in [0.05, 0.1) is 24.4 Å². The molecule has 96 valence electrons. The van der Waals surface area contributed by atoms with Gasteiger partial charge in [-0.05, 0) is 32.2 Å². The predicted octanol–water partition coefficient (Wildman–Crippen LogP) is 2.96. The molecule has 0 aliphatic carbocycles. The number of furan rings is 1. The van der Waals surface area contributed by atoms with Gasteiger partial charge in [-0.2, -0.15) is 0 Å². The summed E-state index contributed by atoms with van der Waals surface area (Å²) in [4.78, 5) is 2.19. The lowest BCUT2D eigenvalue weighted by atomic mass is 10.0. The molecule has 18 heavy (non-hydrogen) atoms. The van der Waals surface area contributed by atoms with Gasteiger partial charge in [0, 0.05) is 18.2 Å². The van der Waals surface area contributed by atoms with Crippen molar-refractivity contribution in [2.75, 3.05) is 20.2 Å². The van der Waals surface area contributed by atoms with Gasteiger partial charge in [0.2, 0.25) is 0 Å². The van der Waals surface area contributed by atoms with Crippen LogP contribution in [-0.2, 0) is 4.74 Å². The largest absolute Gasteiger partial charge is 0.464 e. The van der Waals surface area contributed by atoms with Crippen LogP contribution in [0.3, 0.4) is 0 Å². The number of likely N-dealkylation sites (N-methyl/N-ethyl adjacent to an activating group) is 1. The summed E-state index contributed by atoms with van der Waals surface area (Å²) in [6, 6.07) is 5.59. The van der Waals surface area contributed by atoms with E-state index in [9.17, 15) is 4.39 Å². The van der Waals surface area contributed by atoms with Gasteiger partial charge in [0.1, 0.15) is 11.4 Å². The third-order valence-electron chi connectivity index (χ3n) is 3.69. The number of ether oxygens (including phenoxy) is 1. The molecule has 1 aromatic heterocycles. The van der Waals surface area contributed by atoms with E-state index in [4.69, 9.17) is 9.15 Å². The highest BCUT2D eigenvalue weighted by Gasteiger charge is 2.27. The van der Waals surface area contributed by atoms with Crippen LogP contribution in [0.25, 0.3) is 11.0 Å². The Morgan fingerprint density at radius 1 is 1.33 bits per heavy atom. The zero-order valence-corrected chi connectivity index (χ0v) is 10.5. The van der Waals surface area contributed by atoms with Crippen LogP contribution in [0.15, 0.2) is 28.9 Å². The van der Waals surface area contributed by atoms with E-state index in [1.54, 1.807) is 18.2 Å².